The molecule has 88 valence electrons. The predicted octanol–water partition coefficient (Wildman–Crippen LogP) is 2.87. The van der Waals surface area contributed by atoms with Gasteiger partial charge in [-0.25, -0.2) is 0 Å². The molecule has 0 heterocycles. The Kier molecular flexibility index (Phi) is 3.24. The molecule has 1 saturated carbocycles. The molecule has 2 nitrogen and oxygen atoms in total. The van der Waals surface area contributed by atoms with Crippen LogP contribution in [0.1, 0.15) is 30.9 Å². The average Bonchev–Trinajstić information content (AvgIpc) is 2.99. The molecule has 1 aliphatic rings. The van der Waals surface area contributed by atoms with Gasteiger partial charge in [-0.15, -0.1) is 0 Å². The van der Waals surface area contributed by atoms with Gasteiger partial charge < -0.3 is 10.5 Å². The van der Waals surface area contributed by atoms with Crippen molar-refractivity contribution >= 4 is 11.6 Å². The molecule has 2 N–H and O–H groups in total. The van der Waals surface area contributed by atoms with Crippen LogP contribution in [0.5, 0.6) is 0 Å². The molecule has 1 fully saturated rings. The molecule has 2 rings (SSSR count). The summed E-state index contributed by atoms with van der Waals surface area (Å²) in [6.45, 7) is 2.66. The summed E-state index contributed by atoms with van der Waals surface area (Å²) in [5, 5.41) is 0.823. The van der Waals surface area contributed by atoms with E-state index in [9.17, 15) is 0 Å². The quantitative estimate of drug-likeness (QED) is 0.877. The van der Waals surface area contributed by atoms with E-state index >= 15 is 0 Å². The van der Waals surface area contributed by atoms with Crippen molar-refractivity contribution < 1.29 is 4.74 Å². The van der Waals surface area contributed by atoms with E-state index in [-0.39, 0.29) is 11.5 Å². The Hall–Kier alpha value is -0.570. The van der Waals surface area contributed by atoms with Crippen molar-refractivity contribution in [2.45, 2.75) is 37.8 Å². The summed E-state index contributed by atoms with van der Waals surface area (Å²) in [7, 11) is 1.70. The first-order chi connectivity index (χ1) is 7.62. The lowest BCUT2D eigenvalue weighted by molar-refractivity contribution is 0.183. The van der Waals surface area contributed by atoms with Gasteiger partial charge in [-0.3, -0.25) is 0 Å². The molecule has 3 heteroatoms. The summed E-state index contributed by atoms with van der Waals surface area (Å²) in [6, 6.07) is 6.13. The molecule has 0 bridgehead atoms. The monoisotopic (exact) mass is 239 g/mol. The number of hydrogen-bond donors (Lipinski definition) is 1. The van der Waals surface area contributed by atoms with Gasteiger partial charge in [0.25, 0.3) is 0 Å². The molecule has 0 aliphatic heterocycles. The second-order valence-electron chi connectivity index (χ2n) is 4.65. The molecule has 16 heavy (non-hydrogen) atoms. The van der Waals surface area contributed by atoms with Gasteiger partial charge in [0.15, 0.2) is 0 Å². The second kappa shape index (κ2) is 4.36. The molecule has 1 aromatic carbocycles. The Morgan fingerprint density at radius 1 is 1.50 bits per heavy atom. The third-order valence-corrected chi connectivity index (χ3v) is 3.87. The standard InChI is InChI=1S/C13H18ClNO/c1-9(15)13(6-7-13)12-10(8-16-2)4-3-5-11(12)14/h3-5,9H,6-8,15H2,1-2H3. The van der Waals surface area contributed by atoms with Crippen molar-refractivity contribution in [1.29, 1.82) is 0 Å². The zero-order valence-electron chi connectivity index (χ0n) is 9.79. The lowest BCUT2D eigenvalue weighted by Gasteiger charge is -2.24. The van der Waals surface area contributed by atoms with Gasteiger partial charge in [0.1, 0.15) is 0 Å². The molecule has 0 spiro atoms. The van der Waals surface area contributed by atoms with Crippen LogP contribution in [0.2, 0.25) is 5.02 Å². The van der Waals surface area contributed by atoms with Gasteiger partial charge in [0.05, 0.1) is 6.61 Å². The van der Waals surface area contributed by atoms with Crippen LogP contribution in [0.15, 0.2) is 18.2 Å². The lowest BCUT2D eigenvalue weighted by Crippen LogP contribution is -2.32. The fourth-order valence-corrected chi connectivity index (χ4v) is 2.85. The highest BCUT2D eigenvalue weighted by Crippen LogP contribution is 2.53. The first-order valence-corrected chi connectivity index (χ1v) is 6.02. The molecule has 1 atom stereocenters. The SMILES string of the molecule is COCc1cccc(Cl)c1C1(C(C)N)CC1. The number of methoxy groups -OCH3 is 1. The summed E-state index contributed by atoms with van der Waals surface area (Å²) in [5.41, 5.74) is 8.56. The van der Waals surface area contributed by atoms with Gasteiger partial charge in [-0.05, 0) is 37.0 Å². The van der Waals surface area contributed by atoms with E-state index in [0.717, 1.165) is 17.9 Å². The Balaban J connectivity index is 2.46. The van der Waals surface area contributed by atoms with Crippen LogP contribution in [-0.4, -0.2) is 13.2 Å². The van der Waals surface area contributed by atoms with E-state index < -0.39 is 0 Å². The van der Waals surface area contributed by atoms with E-state index in [2.05, 4.69) is 13.0 Å². The van der Waals surface area contributed by atoms with Crippen LogP contribution in [0.25, 0.3) is 0 Å². The van der Waals surface area contributed by atoms with Crippen LogP contribution >= 0.6 is 11.6 Å². The third-order valence-electron chi connectivity index (χ3n) is 3.56. The minimum absolute atomic E-state index is 0.0895. The van der Waals surface area contributed by atoms with Gasteiger partial charge in [-0.2, -0.15) is 0 Å². The minimum atomic E-state index is 0.0895. The largest absolute Gasteiger partial charge is 0.380 e. The van der Waals surface area contributed by atoms with Crippen molar-refractivity contribution in [3.05, 3.63) is 34.3 Å². The highest BCUT2D eigenvalue weighted by atomic mass is 35.5. The number of benzene rings is 1. The molecule has 1 aromatic rings. The molecule has 1 unspecified atom stereocenters. The number of rotatable bonds is 4. The topological polar surface area (TPSA) is 35.2 Å². The zero-order valence-corrected chi connectivity index (χ0v) is 10.6. The van der Waals surface area contributed by atoms with E-state index in [0.29, 0.717) is 6.61 Å². The van der Waals surface area contributed by atoms with Crippen molar-refractivity contribution in [2.75, 3.05) is 7.11 Å². The Morgan fingerprint density at radius 2 is 2.19 bits per heavy atom. The van der Waals surface area contributed by atoms with Crippen LogP contribution in [0.4, 0.5) is 0 Å². The third kappa shape index (κ3) is 1.86. The molecule has 1 aliphatic carbocycles. The Labute approximate surface area is 102 Å². The first-order valence-electron chi connectivity index (χ1n) is 5.64. The van der Waals surface area contributed by atoms with Crippen LogP contribution in [0.3, 0.4) is 0 Å². The minimum Gasteiger partial charge on any atom is -0.380 e. The summed E-state index contributed by atoms with van der Waals surface area (Å²) < 4.78 is 5.23. The summed E-state index contributed by atoms with van der Waals surface area (Å²) in [4.78, 5) is 0. The molecule has 0 radical (unpaired) electrons. The van der Waals surface area contributed by atoms with Gasteiger partial charge in [0, 0.05) is 23.6 Å². The summed E-state index contributed by atoms with van der Waals surface area (Å²) >= 11 is 6.32. The maximum atomic E-state index is 6.32. The van der Waals surface area contributed by atoms with Crippen LogP contribution < -0.4 is 5.73 Å². The maximum Gasteiger partial charge on any atom is 0.0716 e. The van der Waals surface area contributed by atoms with E-state index in [1.165, 1.54) is 11.1 Å². The van der Waals surface area contributed by atoms with Crippen LogP contribution in [0, 0.1) is 0 Å². The molecular formula is C13H18ClNO. The highest BCUT2D eigenvalue weighted by molar-refractivity contribution is 6.31. The highest BCUT2D eigenvalue weighted by Gasteiger charge is 2.49. The van der Waals surface area contributed by atoms with Gasteiger partial charge >= 0.3 is 0 Å². The predicted molar refractivity (Wildman–Crippen MR) is 66.7 cm³/mol. The summed E-state index contributed by atoms with van der Waals surface area (Å²) in [6.07, 6.45) is 2.26. The van der Waals surface area contributed by atoms with Crippen molar-refractivity contribution in [3.63, 3.8) is 0 Å². The average molecular weight is 240 g/mol. The Morgan fingerprint density at radius 3 is 2.69 bits per heavy atom. The van der Waals surface area contributed by atoms with Crippen molar-refractivity contribution in [3.8, 4) is 0 Å². The zero-order chi connectivity index (χ0) is 11.8. The summed E-state index contributed by atoms with van der Waals surface area (Å²) in [5.74, 6) is 0. The normalized spacial score (nSPS) is 19.5. The van der Waals surface area contributed by atoms with Gasteiger partial charge in [0.2, 0.25) is 0 Å². The second-order valence-corrected chi connectivity index (χ2v) is 5.06. The fraction of sp³-hybridized carbons (Fsp3) is 0.538. The molecule has 0 amide bonds. The number of ether oxygens (including phenoxy) is 1. The van der Waals surface area contributed by atoms with Crippen molar-refractivity contribution in [2.24, 2.45) is 5.73 Å². The maximum absolute atomic E-state index is 6.32. The van der Waals surface area contributed by atoms with E-state index in [1.807, 2.05) is 12.1 Å². The van der Waals surface area contributed by atoms with Crippen molar-refractivity contribution in [1.82, 2.24) is 0 Å². The first kappa shape index (κ1) is 11.9. The molecule has 0 aromatic heterocycles. The van der Waals surface area contributed by atoms with Crippen LogP contribution in [-0.2, 0) is 16.8 Å². The molecular weight excluding hydrogens is 222 g/mol. The van der Waals surface area contributed by atoms with E-state index in [1.54, 1.807) is 7.11 Å². The molecule has 0 saturated heterocycles. The van der Waals surface area contributed by atoms with Gasteiger partial charge in [-0.1, -0.05) is 23.7 Å². The Bertz CT molecular complexity index is 386. The number of halogens is 1. The van der Waals surface area contributed by atoms with E-state index in [4.69, 9.17) is 22.1 Å². The lowest BCUT2D eigenvalue weighted by atomic mass is 9.86. The fourth-order valence-electron chi connectivity index (χ4n) is 2.47. The number of nitrogens with two attached hydrogens (primary N) is 1. The number of hydrogen-bond acceptors (Lipinski definition) is 2. The smallest absolute Gasteiger partial charge is 0.0716 e.